The molecule has 5 heteroatoms. The quantitative estimate of drug-likeness (QED) is 0.600. The van der Waals surface area contributed by atoms with Crippen LogP contribution >= 0.6 is 0 Å². The number of aliphatic carboxylic acids is 1. The molecule has 1 amide bonds. The summed E-state index contributed by atoms with van der Waals surface area (Å²) in [7, 11) is 0. The van der Waals surface area contributed by atoms with Gasteiger partial charge in [0.2, 0.25) is 5.91 Å². The van der Waals surface area contributed by atoms with Crippen LogP contribution in [0.15, 0.2) is 0 Å². The SMILES string of the molecule is CC[C@@H](CO)NC(=O)CC(C)(C)C(=O)O. The van der Waals surface area contributed by atoms with Gasteiger partial charge in [0.25, 0.3) is 0 Å². The van der Waals surface area contributed by atoms with Gasteiger partial charge in [-0.25, -0.2) is 0 Å². The Morgan fingerprint density at radius 2 is 1.93 bits per heavy atom. The van der Waals surface area contributed by atoms with E-state index in [0.717, 1.165) is 0 Å². The molecular formula is C10H19NO4. The van der Waals surface area contributed by atoms with Crippen molar-refractivity contribution >= 4 is 11.9 Å². The lowest BCUT2D eigenvalue weighted by molar-refractivity contribution is -0.149. The van der Waals surface area contributed by atoms with Crippen molar-refractivity contribution < 1.29 is 19.8 Å². The molecule has 0 radical (unpaired) electrons. The van der Waals surface area contributed by atoms with Crippen LogP contribution < -0.4 is 5.32 Å². The highest BCUT2D eigenvalue weighted by Crippen LogP contribution is 2.20. The van der Waals surface area contributed by atoms with Crippen LogP contribution in [0.4, 0.5) is 0 Å². The molecule has 0 aliphatic heterocycles. The smallest absolute Gasteiger partial charge is 0.309 e. The summed E-state index contributed by atoms with van der Waals surface area (Å²) in [6, 6.07) is -0.290. The lowest BCUT2D eigenvalue weighted by Crippen LogP contribution is -2.40. The minimum atomic E-state index is -1.07. The molecule has 0 aliphatic rings. The first kappa shape index (κ1) is 13.9. The summed E-state index contributed by atoms with van der Waals surface area (Å²) < 4.78 is 0. The fourth-order valence-corrected chi connectivity index (χ4v) is 1.03. The predicted octanol–water partition coefficient (Wildman–Crippen LogP) is 0.374. The third-order valence-electron chi connectivity index (χ3n) is 2.26. The first-order valence-electron chi connectivity index (χ1n) is 4.97. The number of carbonyl (C=O) groups excluding carboxylic acids is 1. The van der Waals surface area contributed by atoms with Gasteiger partial charge in [-0.15, -0.1) is 0 Å². The number of carboxylic acid groups (broad SMARTS) is 1. The van der Waals surface area contributed by atoms with E-state index < -0.39 is 11.4 Å². The van der Waals surface area contributed by atoms with Gasteiger partial charge >= 0.3 is 5.97 Å². The summed E-state index contributed by atoms with van der Waals surface area (Å²) in [5, 5.41) is 20.2. The van der Waals surface area contributed by atoms with Crippen molar-refractivity contribution in [1.29, 1.82) is 0 Å². The van der Waals surface area contributed by atoms with Crippen LogP contribution in [0, 0.1) is 5.41 Å². The number of carbonyl (C=O) groups is 2. The fraction of sp³-hybridized carbons (Fsp3) is 0.800. The summed E-state index contributed by atoms with van der Waals surface area (Å²) in [5.74, 6) is -1.35. The second-order valence-corrected chi connectivity index (χ2v) is 4.22. The highest BCUT2D eigenvalue weighted by molar-refractivity contribution is 5.84. The third kappa shape index (κ3) is 4.78. The number of nitrogens with one attached hydrogen (secondary N) is 1. The Kier molecular flexibility index (Phi) is 5.28. The second kappa shape index (κ2) is 5.70. The Morgan fingerprint density at radius 3 is 2.27 bits per heavy atom. The van der Waals surface area contributed by atoms with Crippen molar-refractivity contribution in [3.63, 3.8) is 0 Å². The van der Waals surface area contributed by atoms with E-state index >= 15 is 0 Å². The van der Waals surface area contributed by atoms with Crippen LogP contribution in [-0.2, 0) is 9.59 Å². The monoisotopic (exact) mass is 217 g/mol. The average Bonchev–Trinajstić information content (AvgIpc) is 2.13. The van der Waals surface area contributed by atoms with E-state index in [1.807, 2.05) is 6.92 Å². The summed E-state index contributed by atoms with van der Waals surface area (Å²) in [6.45, 7) is 4.70. The maximum Gasteiger partial charge on any atom is 0.309 e. The normalized spacial score (nSPS) is 13.3. The second-order valence-electron chi connectivity index (χ2n) is 4.22. The molecule has 0 aromatic carbocycles. The largest absolute Gasteiger partial charge is 0.481 e. The zero-order valence-electron chi connectivity index (χ0n) is 9.41. The number of rotatable bonds is 6. The van der Waals surface area contributed by atoms with Crippen molar-refractivity contribution in [3.8, 4) is 0 Å². The minimum absolute atomic E-state index is 0.0845. The summed E-state index contributed by atoms with van der Waals surface area (Å²) in [5.41, 5.74) is -1.07. The van der Waals surface area contributed by atoms with Gasteiger partial charge in [0, 0.05) is 6.42 Å². The van der Waals surface area contributed by atoms with E-state index in [0.29, 0.717) is 6.42 Å². The molecule has 0 saturated carbocycles. The van der Waals surface area contributed by atoms with E-state index in [9.17, 15) is 9.59 Å². The molecule has 0 bridgehead atoms. The molecule has 3 N–H and O–H groups in total. The zero-order valence-corrected chi connectivity index (χ0v) is 9.41. The molecule has 88 valence electrons. The molecule has 0 saturated heterocycles. The number of aliphatic hydroxyl groups is 1. The Labute approximate surface area is 89.5 Å². The lowest BCUT2D eigenvalue weighted by Gasteiger charge is -2.20. The van der Waals surface area contributed by atoms with Crippen molar-refractivity contribution in [2.24, 2.45) is 5.41 Å². The molecule has 0 fully saturated rings. The summed E-state index contributed by atoms with van der Waals surface area (Å²) in [6.07, 6.45) is 0.536. The molecule has 0 aromatic rings. The van der Waals surface area contributed by atoms with Gasteiger partial charge < -0.3 is 15.5 Å². The van der Waals surface area contributed by atoms with E-state index in [2.05, 4.69) is 5.32 Å². The van der Waals surface area contributed by atoms with Crippen molar-refractivity contribution in [3.05, 3.63) is 0 Å². The highest BCUT2D eigenvalue weighted by atomic mass is 16.4. The van der Waals surface area contributed by atoms with Gasteiger partial charge in [0.1, 0.15) is 0 Å². The number of hydrogen-bond donors (Lipinski definition) is 3. The van der Waals surface area contributed by atoms with E-state index in [-0.39, 0.29) is 25.0 Å². The van der Waals surface area contributed by atoms with Crippen LogP contribution in [0.25, 0.3) is 0 Å². The molecule has 15 heavy (non-hydrogen) atoms. The third-order valence-corrected chi connectivity index (χ3v) is 2.26. The van der Waals surface area contributed by atoms with Gasteiger partial charge in [0.15, 0.2) is 0 Å². The zero-order chi connectivity index (χ0) is 12.1. The van der Waals surface area contributed by atoms with Gasteiger partial charge in [-0.1, -0.05) is 6.92 Å². The molecule has 5 nitrogen and oxygen atoms in total. The van der Waals surface area contributed by atoms with Gasteiger partial charge in [-0.3, -0.25) is 9.59 Å². The Balaban J connectivity index is 4.20. The van der Waals surface area contributed by atoms with Crippen LogP contribution in [0.2, 0.25) is 0 Å². The van der Waals surface area contributed by atoms with Crippen LogP contribution in [0.5, 0.6) is 0 Å². The molecular weight excluding hydrogens is 198 g/mol. The highest BCUT2D eigenvalue weighted by Gasteiger charge is 2.30. The maximum atomic E-state index is 11.4. The standard InChI is InChI=1S/C10H19NO4/c1-4-7(6-12)11-8(13)5-10(2,3)9(14)15/h7,12H,4-6H2,1-3H3,(H,11,13)(H,14,15)/t7-/m0/s1. The minimum Gasteiger partial charge on any atom is -0.481 e. The van der Waals surface area contributed by atoms with E-state index in [1.165, 1.54) is 13.8 Å². The fourth-order valence-electron chi connectivity index (χ4n) is 1.03. The van der Waals surface area contributed by atoms with Crippen molar-refractivity contribution in [2.75, 3.05) is 6.61 Å². The van der Waals surface area contributed by atoms with Crippen LogP contribution in [-0.4, -0.2) is 34.7 Å². The van der Waals surface area contributed by atoms with Gasteiger partial charge in [0.05, 0.1) is 18.1 Å². The first-order valence-corrected chi connectivity index (χ1v) is 4.97. The van der Waals surface area contributed by atoms with Crippen molar-refractivity contribution in [2.45, 2.75) is 39.7 Å². The topological polar surface area (TPSA) is 86.6 Å². The Hall–Kier alpha value is -1.10. The van der Waals surface area contributed by atoms with E-state index in [4.69, 9.17) is 10.2 Å². The first-order chi connectivity index (χ1) is 6.83. The maximum absolute atomic E-state index is 11.4. The Morgan fingerprint density at radius 1 is 1.40 bits per heavy atom. The Bertz CT molecular complexity index is 234. The molecule has 0 spiro atoms. The number of aliphatic hydroxyl groups excluding tert-OH is 1. The average molecular weight is 217 g/mol. The number of hydrogen-bond acceptors (Lipinski definition) is 3. The predicted molar refractivity (Wildman–Crippen MR) is 55.3 cm³/mol. The van der Waals surface area contributed by atoms with Gasteiger partial charge in [-0.2, -0.15) is 0 Å². The van der Waals surface area contributed by atoms with Crippen LogP contribution in [0.1, 0.15) is 33.6 Å². The van der Waals surface area contributed by atoms with Crippen LogP contribution in [0.3, 0.4) is 0 Å². The molecule has 0 unspecified atom stereocenters. The molecule has 0 aliphatic carbocycles. The lowest BCUT2D eigenvalue weighted by atomic mass is 9.89. The summed E-state index contributed by atoms with van der Waals surface area (Å²) >= 11 is 0. The molecule has 0 rings (SSSR count). The molecule has 1 atom stereocenters. The summed E-state index contributed by atoms with van der Waals surface area (Å²) in [4.78, 5) is 22.2. The van der Waals surface area contributed by atoms with E-state index in [1.54, 1.807) is 0 Å². The van der Waals surface area contributed by atoms with Gasteiger partial charge in [-0.05, 0) is 20.3 Å². The number of carboxylic acids is 1. The molecule has 0 heterocycles. The number of amides is 1. The van der Waals surface area contributed by atoms with Crippen molar-refractivity contribution in [1.82, 2.24) is 5.32 Å². The molecule has 0 aromatic heterocycles.